The van der Waals surface area contributed by atoms with Crippen LogP contribution in [0.5, 0.6) is 0 Å². The number of piperidine rings is 1. The topological polar surface area (TPSA) is 30.3 Å². The standard InChI is InChI=1S/C13H25N3/c1-3-8-16(9-4-2)13-5-10-15(11-6-13)12-7-14/h13H,3-6,8-12H2,1-2H3. The SMILES string of the molecule is CCCN(CCC)C1CCN(CC#N)CC1. The van der Waals surface area contributed by atoms with E-state index in [9.17, 15) is 0 Å². The summed E-state index contributed by atoms with van der Waals surface area (Å²) in [7, 11) is 0. The van der Waals surface area contributed by atoms with Gasteiger partial charge in [-0.15, -0.1) is 0 Å². The molecule has 92 valence electrons. The predicted molar refractivity (Wildman–Crippen MR) is 67.2 cm³/mol. The molecular formula is C13H25N3. The molecule has 0 aromatic heterocycles. The van der Waals surface area contributed by atoms with Crippen LogP contribution in [0.1, 0.15) is 39.5 Å². The summed E-state index contributed by atoms with van der Waals surface area (Å²) in [5, 5.41) is 8.66. The van der Waals surface area contributed by atoms with Crippen molar-refractivity contribution >= 4 is 0 Å². The molecule has 1 heterocycles. The van der Waals surface area contributed by atoms with Crippen molar-refractivity contribution in [2.24, 2.45) is 0 Å². The lowest BCUT2D eigenvalue weighted by Crippen LogP contribution is -2.45. The smallest absolute Gasteiger partial charge is 0.0866 e. The second-order valence-electron chi connectivity index (χ2n) is 4.70. The summed E-state index contributed by atoms with van der Waals surface area (Å²) in [6.07, 6.45) is 4.97. The molecule has 0 aliphatic carbocycles. The highest BCUT2D eigenvalue weighted by Crippen LogP contribution is 2.16. The van der Waals surface area contributed by atoms with Gasteiger partial charge in [0.1, 0.15) is 0 Å². The summed E-state index contributed by atoms with van der Waals surface area (Å²) >= 11 is 0. The summed E-state index contributed by atoms with van der Waals surface area (Å²) < 4.78 is 0. The average molecular weight is 223 g/mol. The van der Waals surface area contributed by atoms with Gasteiger partial charge in [-0.1, -0.05) is 13.8 Å². The Morgan fingerprint density at radius 3 is 2.19 bits per heavy atom. The van der Waals surface area contributed by atoms with Crippen molar-refractivity contribution in [3.8, 4) is 6.07 Å². The zero-order valence-corrected chi connectivity index (χ0v) is 10.8. The molecule has 16 heavy (non-hydrogen) atoms. The van der Waals surface area contributed by atoms with Crippen LogP contribution in [0.4, 0.5) is 0 Å². The zero-order chi connectivity index (χ0) is 11.8. The normalized spacial score (nSPS) is 18.9. The third-order valence-electron chi connectivity index (χ3n) is 3.39. The van der Waals surface area contributed by atoms with E-state index in [4.69, 9.17) is 5.26 Å². The molecule has 0 atom stereocenters. The molecule has 0 aromatic carbocycles. The number of hydrogen-bond donors (Lipinski definition) is 0. The van der Waals surface area contributed by atoms with Crippen molar-refractivity contribution in [1.29, 1.82) is 5.26 Å². The lowest BCUT2D eigenvalue weighted by Gasteiger charge is -2.37. The molecule has 0 unspecified atom stereocenters. The van der Waals surface area contributed by atoms with Crippen molar-refractivity contribution in [1.82, 2.24) is 9.80 Å². The maximum atomic E-state index is 8.66. The van der Waals surface area contributed by atoms with E-state index >= 15 is 0 Å². The summed E-state index contributed by atoms with van der Waals surface area (Å²) in [5.74, 6) is 0. The lowest BCUT2D eigenvalue weighted by molar-refractivity contribution is 0.115. The quantitative estimate of drug-likeness (QED) is 0.646. The minimum absolute atomic E-state index is 0.605. The van der Waals surface area contributed by atoms with Crippen molar-refractivity contribution < 1.29 is 0 Å². The van der Waals surface area contributed by atoms with Crippen LogP contribution in [0.15, 0.2) is 0 Å². The van der Waals surface area contributed by atoms with Crippen molar-refractivity contribution in [2.45, 2.75) is 45.6 Å². The molecule has 0 spiro atoms. The molecule has 1 aliphatic heterocycles. The molecule has 0 N–H and O–H groups in total. The van der Waals surface area contributed by atoms with Crippen LogP contribution in [0.25, 0.3) is 0 Å². The number of hydrogen-bond acceptors (Lipinski definition) is 3. The van der Waals surface area contributed by atoms with E-state index in [1.165, 1.54) is 38.8 Å². The van der Waals surface area contributed by atoms with E-state index in [0.29, 0.717) is 6.54 Å². The number of nitriles is 1. The van der Waals surface area contributed by atoms with E-state index in [2.05, 4.69) is 29.7 Å². The van der Waals surface area contributed by atoms with Gasteiger partial charge in [-0.3, -0.25) is 4.90 Å². The van der Waals surface area contributed by atoms with Crippen LogP contribution in [-0.2, 0) is 0 Å². The molecule has 0 aromatic rings. The molecule has 3 nitrogen and oxygen atoms in total. The second-order valence-corrected chi connectivity index (χ2v) is 4.70. The first-order chi connectivity index (χ1) is 7.81. The van der Waals surface area contributed by atoms with Gasteiger partial charge in [0.2, 0.25) is 0 Å². The van der Waals surface area contributed by atoms with E-state index in [1.807, 2.05) is 0 Å². The van der Waals surface area contributed by atoms with Crippen LogP contribution >= 0.6 is 0 Å². The fraction of sp³-hybridized carbons (Fsp3) is 0.923. The van der Waals surface area contributed by atoms with Crippen LogP contribution in [0, 0.1) is 11.3 Å². The van der Waals surface area contributed by atoms with Crippen LogP contribution < -0.4 is 0 Å². The molecule has 0 amide bonds. The Balaban J connectivity index is 2.35. The molecule has 0 radical (unpaired) electrons. The van der Waals surface area contributed by atoms with Gasteiger partial charge in [-0.05, 0) is 38.8 Å². The maximum absolute atomic E-state index is 8.66. The van der Waals surface area contributed by atoms with Gasteiger partial charge >= 0.3 is 0 Å². The first-order valence-electron chi connectivity index (χ1n) is 6.65. The minimum Gasteiger partial charge on any atom is -0.300 e. The molecular weight excluding hydrogens is 198 g/mol. The van der Waals surface area contributed by atoms with Gasteiger partial charge in [-0.2, -0.15) is 5.26 Å². The third-order valence-corrected chi connectivity index (χ3v) is 3.39. The Morgan fingerprint density at radius 2 is 1.75 bits per heavy atom. The molecule has 0 saturated carbocycles. The fourth-order valence-electron chi connectivity index (χ4n) is 2.59. The molecule has 1 saturated heterocycles. The van der Waals surface area contributed by atoms with E-state index < -0.39 is 0 Å². The van der Waals surface area contributed by atoms with Gasteiger partial charge in [0.05, 0.1) is 12.6 Å². The van der Waals surface area contributed by atoms with Gasteiger partial charge in [0.25, 0.3) is 0 Å². The third kappa shape index (κ3) is 4.11. The number of likely N-dealkylation sites (tertiary alicyclic amines) is 1. The van der Waals surface area contributed by atoms with E-state index in [1.54, 1.807) is 0 Å². The first-order valence-corrected chi connectivity index (χ1v) is 6.65. The first kappa shape index (κ1) is 13.5. The minimum atomic E-state index is 0.605. The Kier molecular flexibility index (Phi) is 6.44. The molecule has 3 heteroatoms. The van der Waals surface area contributed by atoms with Crippen LogP contribution in [-0.4, -0.2) is 48.6 Å². The average Bonchev–Trinajstić information content (AvgIpc) is 2.30. The van der Waals surface area contributed by atoms with Crippen molar-refractivity contribution in [3.05, 3.63) is 0 Å². The van der Waals surface area contributed by atoms with E-state index in [0.717, 1.165) is 19.1 Å². The second kappa shape index (κ2) is 7.65. The van der Waals surface area contributed by atoms with E-state index in [-0.39, 0.29) is 0 Å². The van der Waals surface area contributed by atoms with Crippen LogP contribution in [0.3, 0.4) is 0 Å². The maximum Gasteiger partial charge on any atom is 0.0866 e. The Morgan fingerprint density at radius 1 is 1.19 bits per heavy atom. The van der Waals surface area contributed by atoms with Gasteiger partial charge in [0, 0.05) is 19.1 Å². The summed E-state index contributed by atoms with van der Waals surface area (Å²) in [5.41, 5.74) is 0. The molecule has 1 aliphatic rings. The summed E-state index contributed by atoms with van der Waals surface area (Å²) in [6, 6.07) is 3.00. The van der Waals surface area contributed by atoms with Gasteiger partial charge in [0.15, 0.2) is 0 Å². The summed E-state index contributed by atoms with van der Waals surface area (Å²) in [6.45, 7) is 9.78. The zero-order valence-electron chi connectivity index (χ0n) is 10.8. The lowest BCUT2D eigenvalue weighted by atomic mass is 10.0. The molecule has 1 rings (SSSR count). The van der Waals surface area contributed by atoms with Gasteiger partial charge < -0.3 is 4.90 Å². The fourth-order valence-corrected chi connectivity index (χ4v) is 2.59. The largest absolute Gasteiger partial charge is 0.300 e. The highest BCUT2D eigenvalue weighted by atomic mass is 15.2. The van der Waals surface area contributed by atoms with Crippen molar-refractivity contribution in [3.63, 3.8) is 0 Å². The van der Waals surface area contributed by atoms with Crippen molar-refractivity contribution in [2.75, 3.05) is 32.7 Å². The monoisotopic (exact) mass is 223 g/mol. The Bertz CT molecular complexity index is 208. The number of rotatable bonds is 6. The highest BCUT2D eigenvalue weighted by molar-refractivity contribution is 4.84. The number of nitrogens with zero attached hydrogens (tertiary/aromatic N) is 3. The highest BCUT2D eigenvalue weighted by Gasteiger charge is 2.23. The van der Waals surface area contributed by atoms with Gasteiger partial charge in [-0.25, -0.2) is 0 Å². The summed E-state index contributed by atoms with van der Waals surface area (Å²) in [4.78, 5) is 4.91. The molecule has 1 fully saturated rings. The Hall–Kier alpha value is -0.590. The predicted octanol–water partition coefficient (Wildman–Crippen LogP) is 2.10. The van der Waals surface area contributed by atoms with Crippen LogP contribution in [0.2, 0.25) is 0 Å². The molecule has 0 bridgehead atoms. The Labute approximate surface area is 100 Å².